The molecule has 5 nitrogen and oxygen atoms in total. The molecule has 0 atom stereocenters. The summed E-state index contributed by atoms with van der Waals surface area (Å²) < 4.78 is 6.66. The minimum absolute atomic E-state index is 0.290. The number of azo groups is 1. The van der Waals surface area contributed by atoms with Crippen molar-refractivity contribution < 1.29 is 14.3 Å². The molecule has 162 valence electrons. The van der Waals surface area contributed by atoms with Crippen molar-refractivity contribution in [2.45, 2.75) is 52.0 Å². The van der Waals surface area contributed by atoms with Crippen molar-refractivity contribution in [2.24, 2.45) is 16.1 Å². The molecule has 0 aliphatic heterocycles. The van der Waals surface area contributed by atoms with E-state index in [9.17, 15) is 5.11 Å². The van der Waals surface area contributed by atoms with Gasteiger partial charge in [-0.1, -0.05) is 49.8 Å². The van der Waals surface area contributed by atoms with Crippen molar-refractivity contribution in [3.05, 3.63) is 53.6 Å². The molecule has 30 heavy (non-hydrogen) atoms. The molecule has 0 heterocycles. The third kappa shape index (κ3) is 7.22. The molecule has 1 aliphatic rings. The Morgan fingerprint density at radius 2 is 1.63 bits per heavy atom. The second kappa shape index (κ2) is 10.7. The summed E-state index contributed by atoms with van der Waals surface area (Å²) in [4.78, 5) is 0. The van der Waals surface area contributed by atoms with Crippen molar-refractivity contribution in [3.63, 3.8) is 0 Å². The zero-order valence-electron chi connectivity index (χ0n) is 18.7. The second-order valence-corrected chi connectivity index (χ2v) is 9.27. The van der Waals surface area contributed by atoms with E-state index in [2.05, 4.69) is 24.3 Å². The molecule has 0 unspecified atom stereocenters. The van der Waals surface area contributed by atoms with Crippen LogP contribution in [0.25, 0.3) is 0 Å². The predicted octanol–water partition coefficient (Wildman–Crippen LogP) is 6.64. The van der Waals surface area contributed by atoms with Crippen LogP contribution in [-0.4, -0.2) is 37.0 Å². The van der Waals surface area contributed by atoms with E-state index in [4.69, 9.17) is 4.74 Å². The SMILES string of the molecule is Cc1ccc(N=Nc2ccc(O)c(C[N+](C)(C)COCCC3CCCCC3)c2)cc1. The first-order valence-electron chi connectivity index (χ1n) is 11.1. The van der Waals surface area contributed by atoms with Crippen LogP contribution in [0.3, 0.4) is 0 Å². The van der Waals surface area contributed by atoms with Gasteiger partial charge in [-0.3, -0.25) is 0 Å². The van der Waals surface area contributed by atoms with E-state index in [0.29, 0.717) is 17.8 Å². The van der Waals surface area contributed by atoms with Gasteiger partial charge in [-0.2, -0.15) is 10.2 Å². The Hall–Kier alpha value is -2.24. The molecular weight excluding hydrogens is 374 g/mol. The molecule has 1 saturated carbocycles. The number of hydrogen-bond acceptors (Lipinski definition) is 4. The molecule has 2 aromatic rings. The summed E-state index contributed by atoms with van der Waals surface area (Å²) in [7, 11) is 4.25. The maximum atomic E-state index is 10.3. The summed E-state index contributed by atoms with van der Waals surface area (Å²) in [5.41, 5.74) is 3.61. The van der Waals surface area contributed by atoms with Crippen LogP contribution in [0.4, 0.5) is 11.4 Å². The predicted molar refractivity (Wildman–Crippen MR) is 121 cm³/mol. The minimum Gasteiger partial charge on any atom is -0.507 e. The fourth-order valence-electron chi connectivity index (χ4n) is 4.03. The molecular formula is C25H36N3O2+. The monoisotopic (exact) mass is 410 g/mol. The van der Waals surface area contributed by atoms with Gasteiger partial charge in [0.15, 0.2) is 6.73 Å². The summed E-state index contributed by atoms with van der Waals surface area (Å²) in [6.07, 6.45) is 8.04. The Kier molecular flexibility index (Phi) is 8.00. The smallest absolute Gasteiger partial charge is 0.182 e. The van der Waals surface area contributed by atoms with Gasteiger partial charge in [-0.25, -0.2) is 0 Å². The Balaban J connectivity index is 1.53. The third-order valence-corrected chi connectivity index (χ3v) is 5.81. The Bertz CT molecular complexity index is 825. The zero-order chi connectivity index (χ0) is 21.4. The van der Waals surface area contributed by atoms with Crippen LogP contribution in [0.2, 0.25) is 0 Å². The van der Waals surface area contributed by atoms with Gasteiger partial charge in [0.05, 0.1) is 37.6 Å². The molecule has 3 rings (SSSR count). The summed E-state index contributed by atoms with van der Waals surface area (Å²) in [6, 6.07) is 13.3. The molecule has 1 aliphatic carbocycles. The van der Waals surface area contributed by atoms with E-state index in [1.165, 1.54) is 44.1 Å². The van der Waals surface area contributed by atoms with Crippen LogP contribution in [-0.2, 0) is 11.3 Å². The van der Waals surface area contributed by atoms with Gasteiger partial charge in [0.1, 0.15) is 12.3 Å². The van der Waals surface area contributed by atoms with Crippen molar-refractivity contribution >= 4 is 11.4 Å². The molecule has 0 spiro atoms. The van der Waals surface area contributed by atoms with E-state index < -0.39 is 0 Å². The van der Waals surface area contributed by atoms with Crippen LogP contribution in [0, 0.1) is 12.8 Å². The Labute approximate surface area is 181 Å². The molecule has 0 amide bonds. The van der Waals surface area contributed by atoms with Crippen molar-refractivity contribution in [1.82, 2.24) is 0 Å². The summed E-state index contributed by atoms with van der Waals surface area (Å²) >= 11 is 0. The number of phenolic OH excluding ortho intramolecular Hbond substituents is 1. The average molecular weight is 411 g/mol. The summed E-state index contributed by atoms with van der Waals surface area (Å²) in [5, 5.41) is 19.0. The molecule has 0 saturated heterocycles. The summed E-state index contributed by atoms with van der Waals surface area (Å²) in [6.45, 7) is 4.17. The van der Waals surface area contributed by atoms with E-state index in [1.807, 2.05) is 37.3 Å². The Morgan fingerprint density at radius 1 is 0.967 bits per heavy atom. The number of nitrogens with zero attached hydrogens (tertiary/aromatic N) is 3. The number of ether oxygens (including phenoxy) is 1. The van der Waals surface area contributed by atoms with Crippen LogP contribution in [0.15, 0.2) is 52.7 Å². The van der Waals surface area contributed by atoms with E-state index in [1.54, 1.807) is 12.1 Å². The molecule has 0 aromatic heterocycles. The standard InChI is InChI=1S/C25H35N3O2/c1-20-9-11-23(12-10-20)26-27-24-13-14-25(29)22(17-24)18-28(2,3)19-30-16-15-21-7-5-4-6-8-21/h9-14,17,21H,4-8,15-16,18-19H2,1-3H3/p+1. The first kappa shape index (κ1) is 22.4. The fourth-order valence-corrected chi connectivity index (χ4v) is 4.03. The van der Waals surface area contributed by atoms with Crippen molar-refractivity contribution in [2.75, 3.05) is 27.4 Å². The van der Waals surface area contributed by atoms with Crippen LogP contribution in [0.5, 0.6) is 5.75 Å². The Morgan fingerprint density at radius 3 is 2.37 bits per heavy atom. The number of rotatable bonds is 9. The largest absolute Gasteiger partial charge is 0.507 e. The van der Waals surface area contributed by atoms with Gasteiger partial charge in [-0.15, -0.1) is 0 Å². The molecule has 1 fully saturated rings. The van der Waals surface area contributed by atoms with E-state index >= 15 is 0 Å². The van der Waals surface area contributed by atoms with Gasteiger partial charge >= 0.3 is 0 Å². The second-order valence-electron chi connectivity index (χ2n) is 9.27. The number of benzene rings is 2. The number of quaternary nitrogens is 1. The van der Waals surface area contributed by atoms with E-state index in [0.717, 1.165) is 29.5 Å². The first-order chi connectivity index (χ1) is 14.4. The lowest BCUT2D eigenvalue weighted by Gasteiger charge is -2.30. The number of aryl methyl sites for hydroxylation is 1. The van der Waals surface area contributed by atoms with Crippen LogP contribution in [0.1, 0.15) is 49.7 Å². The molecule has 2 aromatic carbocycles. The molecule has 0 bridgehead atoms. The minimum atomic E-state index is 0.290. The highest BCUT2D eigenvalue weighted by atomic mass is 16.5. The summed E-state index contributed by atoms with van der Waals surface area (Å²) in [5.74, 6) is 1.13. The van der Waals surface area contributed by atoms with Gasteiger partial charge in [0, 0.05) is 0 Å². The first-order valence-corrected chi connectivity index (χ1v) is 11.1. The quantitative estimate of drug-likeness (QED) is 0.218. The van der Waals surface area contributed by atoms with Crippen molar-refractivity contribution in [1.29, 1.82) is 0 Å². The topological polar surface area (TPSA) is 54.2 Å². The molecule has 5 heteroatoms. The average Bonchev–Trinajstić information content (AvgIpc) is 2.73. The fraction of sp³-hybridized carbons (Fsp3) is 0.520. The number of phenols is 1. The highest BCUT2D eigenvalue weighted by molar-refractivity contribution is 5.47. The van der Waals surface area contributed by atoms with Gasteiger partial charge in [0.25, 0.3) is 0 Å². The third-order valence-electron chi connectivity index (χ3n) is 5.81. The lowest BCUT2D eigenvalue weighted by Crippen LogP contribution is -2.41. The van der Waals surface area contributed by atoms with Gasteiger partial charge < -0.3 is 14.3 Å². The van der Waals surface area contributed by atoms with Crippen LogP contribution >= 0.6 is 0 Å². The van der Waals surface area contributed by atoms with Gasteiger partial charge in [0.2, 0.25) is 0 Å². The van der Waals surface area contributed by atoms with E-state index in [-0.39, 0.29) is 5.75 Å². The molecule has 1 N–H and O–H groups in total. The van der Waals surface area contributed by atoms with Crippen molar-refractivity contribution in [3.8, 4) is 5.75 Å². The van der Waals surface area contributed by atoms with Crippen LogP contribution < -0.4 is 0 Å². The highest BCUT2D eigenvalue weighted by Crippen LogP contribution is 2.28. The lowest BCUT2D eigenvalue weighted by atomic mass is 9.87. The van der Waals surface area contributed by atoms with Gasteiger partial charge in [-0.05, 0) is 49.6 Å². The number of aromatic hydroxyl groups is 1. The maximum Gasteiger partial charge on any atom is 0.182 e. The normalized spacial score (nSPS) is 15.7. The highest BCUT2D eigenvalue weighted by Gasteiger charge is 2.20. The zero-order valence-corrected chi connectivity index (χ0v) is 18.7. The lowest BCUT2D eigenvalue weighted by molar-refractivity contribution is -0.922. The molecule has 0 radical (unpaired) electrons. The number of hydrogen-bond donors (Lipinski definition) is 1. The maximum absolute atomic E-state index is 10.3.